The van der Waals surface area contributed by atoms with Crippen LogP contribution in [0.3, 0.4) is 0 Å². The minimum atomic E-state index is -0.107. The highest BCUT2D eigenvalue weighted by atomic mass is 16.5. The molecule has 4 nitrogen and oxygen atoms in total. The van der Waals surface area contributed by atoms with E-state index < -0.39 is 0 Å². The number of allylic oxidation sites excluding steroid dienone is 1. The molecule has 1 N–H and O–H groups in total. The number of rotatable bonds is 7. The molecule has 1 fully saturated rings. The lowest BCUT2D eigenvalue weighted by Gasteiger charge is -2.34. The lowest BCUT2D eigenvalue weighted by molar-refractivity contribution is 0.0361. The number of nitrogens with one attached hydrogen (secondary N) is 1. The molecule has 0 amide bonds. The highest BCUT2D eigenvalue weighted by molar-refractivity contribution is 6.53. The molecule has 3 rings (SSSR count). The summed E-state index contributed by atoms with van der Waals surface area (Å²) >= 11 is 0. The first-order valence-electron chi connectivity index (χ1n) is 9.97. The third-order valence-electron chi connectivity index (χ3n) is 6.19. The molecule has 5 heteroatoms. The van der Waals surface area contributed by atoms with Gasteiger partial charge in [0.25, 0.3) is 0 Å². The van der Waals surface area contributed by atoms with E-state index in [2.05, 4.69) is 68.8 Å². The fraction of sp³-hybridized carbons (Fsp3) is 0.545. The minimum Gasteiger partial charge on any atom is -0.429 e. The molecular formula is C22H32BN3O. The maximum absolute atomic E-state index is 6.30. The van der Waals surface area contributed by atoms with Gasteiger partial charge in [0, 0.05) is 24.3 Å². The summed E-state index contributed by atoms with van der Waals surface area (Å²) in [5, 5.41) is 3.56. The second kappa shape index (κ2) is 8.01. The summed E-state index contributed by atoms with van der Waals surface area (Å²) in [4.78, 5) is 9.14. The van der Waals surface area contributed by atoms with Crippen LogP contribution in [0.25, 0.3) is 0 Å². The molecule has 2 aliphatic heterocycles. The van der Waals surface area contributed by atoms with Crippen LogP contribution in [0.4, 0.5) is 0 Å². The predicted octanol–water partition coefficient (Wildman–Crippen LogP) is 3.84. The van der Waals surface area contributed by atoms with Crippen molar-refractivity contribution in [2.45, 2.75) is 46.0 Å². The highest BCUT2D eigenvalue weighted by Crippen LogP contribution is 2.45. The zero-order chi connectivity index (χ0) is 19.5. The lowest BCUT2D eigenvalue weighted by Crippen LogP contribution is -2.37. The van der Waals surface area contributed by atoms with Crippen LogP contribution in [0.2, 0.25) is 6.32 Å². The van der Waals surface area contributed by atoms with Gasteiger partial charge in [0.2, 0.25) is 0 Å². The van der Waals surface area contributed by atoms with Crippen molar-refractivity contribution in [3.8, 4) is 0 Å². The first-order valence-corrected chi connectivity index (χ1v) is 9.97. The lowest BCUT2D eigenvalue weighted by atomic mass is 9.58. The molecular weight excluding hydrogens is 333 g/mol. The van der Waals surface area contributed by atoms with Gasteiger partial charge in [-0.05, 0) is 37.6 Å². The predicted molar refractivity (Wildman–Crippen MR) is 116 cm³/mol. The maximum Gasteiger partial charge on any atom is 0.313 e. The van der Waals surface area contributed by atoms with E-state index in [1.807, 2.05) is 12.3 Å². The second-order valence-corrected chi connectivity index (χ2v) is 8.83. The number of benzene rings is 1. The van der Waals surface area contributed by atoms with Crippen LogP contribution in [-0.2, 0) is 11.1 Å². The van der Waals surface area contributed by atoms with Crippen LogP contribution in [0.1, 0.15) is 33.3 Å². The fourth-order valence-corrected chi connectivity index (χ4v) is 3.81. The average molecular weight is 365 g/mol. The molecule has 1 atom stereocenters. The van der Waals surface area contributed by atoms with Crippen molar-refractivity contribution in [2.24, 2.45) is 21.3 Å². The second-order valence-electron chi connectivity index (χ2n) is 8.83. The molecule has 0 aromatic heterocycles. The van der Waals surface area contributed by atoms with Gasteiger partial charge in [-0.15, -0.1) is 0 Å². The summed E-state index contributed by atoms with van der Waals surface area (Å²) < 4.78 is 6.30. The molecule has 1 unspecified atom stereocenters. The zero-order valence-corrected chi connectivity index (χ0v) is 17.2. The Hall–Kier alpha value is -1.88. The highest BCUT2D eigenvalue weighted by Gasteiger charge is 2.49. The van der Waals surface area contributed by atoms with Crippen molar-refractivity contribution in [2.75, 3.05) is 19.5 Å². The van der Waals surface area contributed by atoms with Crippen molar-refractivity contribution < 1.29 is 4.65 Å². The SMILES string of the molecule is C=C(NCB1CC(C)(C)C(C)(C)O1)C(Cc1ccccc1)C1=NCCN=C1. The Morgan fingerprint density at radius 1 is 1.22 bits per heavy atom. The zero-order valence-electron chi connectivity index (χ0n) is 17.2. The van der Waals surface area contributed by atoms with E-state index in [9.17, 15) is 0 Å². The van der Waals surface area contributed by atoms with E-state index >= 15 is 0 Å². The molecule has 2 aliphatic rings. The number of nitrogens with zero attached hydrogens (tertiary/aromatic N) is 2. The molecule has 0 radical (unpaired) electrons. The van der Waals surface area contributed by atoms with Crippen molar-refractivity contribution in [3.05, 3.63) is 48.2 Å². The van der Waals surface area contributed by atoms with Crippen LogP contribution in [0.15, 0.2) is 52.6 Å². The van der Waals surface area contributed by atoms with E-state index in [0.29, 0.717) is 0 Å². The number of hydrogen-bond donors (Lipinski definition) is 1. The normalized spacial score (nSPS) is 21.6. The quantitative estimate of drug-likeness (QED) is 0.747. The summed E-state index contributed by atoms with van der Waals surface area (Å²) in [7, 11) is 0. The molecule has 0 bridgehead atoms. The molecule has 2 heterocycles. The monoisotopic (exact) mass is 365 g/mol. The largest absolute Gasteiger partial charge is 0.429 e. The van der Waals surface area contributed by atoms with Crippen LogP contribution < -0.4 is 5.32 Å². The molecule has 1 aromatic rings. The van der Waals surface area contributed by atoms with Crippen LogP contribution in [-0.4, -0.2) is 44.0 Å². The molecule has 144 valence electrons. The first-order chi connectivity index (χ1) is 12.8. The van der Waals surface area contributed by atoms with Gasteiger partial charge in [-0.1, -0.05) is 50.8 Å². The summed E-state index contributed by atoms with van der Waals surface area (Å²) in [6.07, 6.45) is 4.62. The standard InChI is InChI=1S/C22H32BN3O/c1-17(26-16-23-15-21(2,3)22(4,5)27-23)19(20-14-24-11-12-25-20)13-18-9-7-6-8-10-18/h6-10,14,19,26H,1,11-13,15-16H2,2-5H3. The van der Waals surface area contributed by atoms with Crippen LogP contribution in [0.5, 0.6) is 0 Å². The van der Waals surface area contributed by atoms with Gasteiger partial charge in [0.15, 0.2) is 0 Å². The Balaban J connectivity index is 1.66. The van der Waals surface area contributed by atoms with Crippen molar-refractivity contribution in [3.63, 3.8) is 0 Å². The van der Waals surface area contributed by atoms with Crippen molar-refractivity contribution in [1.29, 1.82) is 0 Å². The fourth-order valence-electron chi connectivity index (χ4n) is 3.81. The Morgan fingerprint density at radius 3 is 2.56 bits per heavy atom. The molecule has 1 saturated heterocycles. The summed E-state index contributed by atoms with van der Waals surface area (Å²) in [5.74, 6) is 0.124. The van der Waals surface area contributed by atoms with E-state index in [0.717, 1.165) is 43.7 Å². The van der Waals surface area contributed by atoms with E-state index in [1.54, 1.807) is 0 Å². The first kappa shape index (κ1) is 19.9. The molecule has 0 saturated carbocycles. The molecule has 0 spiro atoms. The maximum atomic E-state index is 6.30. The number of aliphatic imine (C=N–C) groups is 2. The van der Waals surface area contributed by atoms with Gasteiger partial charge in [-0.3, -0.25) is 9.98 Å². The number of hydrogen-bond acceptors (Lipinski definition) is 4. The van der Waals surface area contributed by atoms with Gasteiger partial charge < -0.3 is 9.97 Å². The van der Waals surface area contributed by atoms with Gasteiger partial charge in [0.05, 0.1) is 24.4 Å². The minimum absolute atomic E-state index is 0.107. The van der Waals surface area contributed by atoms with Gasteiger partial charge >= 0.3 is 6.92 Å². The van der Waals surface area contributed by atoms with Crippen molar-refractivity contribution in [1.82, 2.24) is 5.32 Å². The van der Waals surface area contributed by atoms with Gasteiger partial charge in [-0.2, -0.15) is 0 Å². The molecule has 1 aromatic carbocycles. The van der Waals surface area contributed by atoms with Crippen LogP contribution in [0, 0.1) is 11.3 Å². The Labute approximate surface area is 164 Å². The Morgan fingerprint density at radius 2 is 1.96 bits per heavy atom. The van der Waals surface area contributed by atoms with Crippen LogP contribution >= 0.6 is 0 Å². The molecule has 27 heavy (non-hydrogen) atoms. The third-order valence-corrected chi connectivity index (χ3v) is 6.19. The summed E-state index contributed by atoms with van der Waals surface area (Å²) in [6.45, 7) is 15.0. The van der Waals surface area contributed by atoms with E-state index in [-0.39, 0.29) is 23.8 Å². The molecule has 0 aliphatic carbocycles. The summed E-state index contributed by atoms with van der Waals surface area (Å²) in [6, 6.07) is 10.5. The smallest absolute Gasteiger partial charge is 0.313 e. The van der Waals surface area contributed by atoms with Crippen molar-refractivity contribution >= 4 is 18.8 Å². The third kappa shape index (κ3) is 4.70. The van der Waals surface area contributed by atoms with E-state index in [1.165, 1.54) is 5.56 Å². The van der Waals surface area contributed by atoms with Gasteiger partial charge in [0.1, 0.15) is 0 Å². The summed E-state index contributed by atoms with van der Waals surface area (Å²) in [5.41, 5.74) is 3.37. The Bertz CT molecular complexity index is 708. The van der Waals surface area contributed by atoms with Gasteiger partial charge in [-0.25, -0.2) is 0 Å². The average Bonchev–Trinajstić information content (AvgIpc) is 2.86. The topological polar surface area (TPSA) is 46.0 Å². The Kier molecular flexibility index (Phi) is 5.90. The van der Waals surface area contributed by atoms with E-state index in [4.69, 9.17) is 9.65 Å².